The number of benzene rings is 2. The predicted molar refractivity (Wildman–Crippen MR) is 130 cm³/mol. The van der Waals surface area contributed by atoms with Gasteiger partial charge in [0.15, 0.2) is 0 Å². The van der Waals surface area contributed by atoms with E-state index in [1.54, 1.807) is 49.8 Å². The second-order valence-corrected chi connectivity index (χ2v) is 8.33. The second-order valence-electron chi connectivity index (χ2n) is 8.33. The number of methoxy groups -OCH3 is 1. The van der Waals surface area contributed by atoms with Gasteiger partial charge in [-0.25, -0.2) is 0 Å². The molecule has 0 unspecified atom stereocenters. The number of amides is 2. The average Bonchev–Trinajstić information content (AvgIpc) is 3.04. The zero-order valence-electron chi connectivity index (χ0n) is 19.7. The lowest BCUT2D eigenvalue weighted by Gasteiger charge is -2.16. The number of rotatable bonds is 8. The molecule has 0 atom stereocenters. The maximum Gasteiger partial charge on any atom is 0.278 e. The maximum atomic E-state index is 13.5. The van der Waals surface area contributed by atoms with E-state index < -0.39 is 5.91 Å². The van der Waals surface area contributed by atoms with Gasteiger partial charge in [-0.2, -0.15) is 0 Å². The second kappa shape index (κ2) is 9.79. The molecule has 0 spiro atoms. The van der Waals surface area contributed by atoms with Gasteiger partial charge in [0.05, 0.1) is 31.0 Å². The van der Waals surface area contributed by atoms with E-state index >= 15 is 0 Å². The van der Waals surface area contributed by atoms with Crippen molar-refractivity contribution in [1.29, 1.82) is 0 Å². The molecule has 2 heterocycles. The van der Waals surface area contributed by atoms with Crippen molar-refractivity contribution < 1.29 is 19.1 Å². The fourth-order valence-corrected chi connectivity index (χ4v) is 3.80. The maximum absolute atomic E-state index is 13.5. The summed E-state index contributed by atoms with van der Waals surface area (Å²) in [5, 5.41) is 3.19. The molecule has 7 nitrogen and oxygen atoms in total. The highest BCUT2D eigenvalue weighted by Crippen LogP contribution is 2.35. The molecule has 1 aliphatic rings. The summed E-state index contributed by atoms with van der Waals surface area (Å²) in [6.45, 7) is 5.97. The van der Waals surface area contributed by atoms with Crippen LogP contribution in [0, 0.1) is 6.92 Å². The summed E-state index contributed by atoms with van der Waals surface area (Å²) in [6.07, 6.45) is 3.33. The molecule has 0 saturated heterocycles. The molecule has 0 aliphatic carbocycles. The van der Waals surface area contributed by atoms with Crippen molar-refractivity contribution in [2.45, 2.75) is 33.4 Å². The summed E-state index contributed by atoms with van der Waals surface area (Å²) in [6, 6.07) is 16.4. The lowest BCUT2D eigenvalue weighted by atomic mass is 10.0. The molecule has 2 amide bonds. The Balaban J connectivity index is 1.76. The molecule has 0 fully saturated rings. The molecule has 0 bridgehead atoms. The Morgan fingerprint density at radius 1 is 1.03 bits per heavy atom. The number of hydrogen-bond donors (Lipinski definition) is 1. The third-order valence-electron chi connectivity index (χ3n) is 5.36. The van der Waals surface area contributed by atoms with Crippen molar-refractivity contribution >= 4 is 23.1 Å². The number of anilines is 1. The zero-order valence-corrected chi connectivity index (χ0v) is 19.7. The Morgan fingerprint density at radius 3 is 2.44 bits per heavy atom. The van der Waals surface area contributed by atoms with Crippen LogP contribution in [0.5, 0.6) is 11.5 Å². The van der Waals surface area contributed by atoms with Crippen LogP contribution in [0.3, 0.4) is 0 Å². The molecule has 0 saturated carbocycles. The van der Waals surface area contributed by atoms with Crippen molar-refractivity contribution in [2.75, 3.05) is 12.4 Å². The van der Waals surface area contributed by atoms with Crippen LogP contribution in [0.1, 0.15) is 30.5 Å². The number of aryl methyl sites for hydroxylation is 1. The van der Waals surface area contributed by atoms with E-state index in [9.17, 15) is 9.59 Å². The van der Waals surface area contributed by atoms with Crippen LogP contribution >= 0.6 is 0 Å². The number of imide groups is 1. The number of aromatic nitrogens is 1. The summed E-state index contributed by atoms with van der Waals surface area (Å²) < 4.78 is 11.2. The molecule has 7 heteroatoms. The van der Waals surface area contributed by atoms with Gasteiger partial charge in [-0.15, -0.1) is 0 Å². The van der Waals surface area contributed by atoms with E-state index in [1.165, 1.54) is 4.90 Å². The normalized spacial score (nSPS) is 13.6. The first-order chi connectivity index (χ1) is 16.4. The van der Waals surface area contributed by atoms with E-state index in [0.29, 0.717) is 28.3 Å². The first-order valence-electron chi connectivity index (χ1n) is 11.1. The van der Waals surface area contributed by atoms with Crippen LogP contribution in [0.25, 0.3) is 5.57 Å². The summed E-state index contributed by atoms with van der Waals surface area (Å²) in [5.41, 5.74) is 3.49. The largest absolute Gasteiger partial charge is 0.495 e. The minimum atomic E-state index is -0.407. The number of nitrogens with zero attached hydrogens (tertiary/aromatic N) is 2. The van der Waals surface area contributed by atoms with E-state index in [2.05, 4.69) is 10.3 Å². The van der Waals surface area contributed by atoms with Crippen molar-refractivity contribution in [3.63, 3.8) is 0 Å². The van der Waals surface area contributed by atoms with E-state index in [-0.39, 0.29) is 24.3 Å². The fourth-order valence-electron chi connectivity index (χ4n) is 3.80. The van der Waals surface area contributed by atoms with E-state index in [4.69, 9.17) is 9.47 Å². The van der Waals surface area contributed by atoms with Gasteiger partial charge in [0.2, 0.25) is 0 Å². The van der Waals surface area contributed by atoms with Crippen LogP contribution in [0.4, 0.5) is 5.69 Å². The van der Waals surface area contributed by atoms with Gasteiger partial charge in [0, 0.05) is 12.4 Å². The third-order valence-corrected chi connectivity index (χ3v) is 5.36. The number of pyridine rings is 1. The van der Waals surface area contributed by atoms with Gasteiger partial charge in [-0.3, -0.25) is 19.5 Å². The van der Waals surface area contributed by atoms with Gasteiger partial charge in [0.25, 0.3) is 11.8 Å². The predicted octanol–water partition coefficient (Wildman–Crippen LogP) is 4.58. The number of nitrogens with one attached hydrogen (secondary N) is 1. The number of carbonyl (C=O) groups excluding carboxylic acids is 2. The highest BCUT2D eigenvalue weighted by molar-refractivity contribution is 6.36. The number of ether oxygens (including phenoxy) is 2. The third kappa shape index (κ3) is 4.78. The van der Waals surface area contributed by atoms with E-state index in [0.717, 1.165) is 11.1 Å². The zero-order chi connectivity index (χ0) is 24.2. The Kier molecular flexibility index (Phi) is 6.63. The molecule has 3 aromatic rings. The van der Waals surface area contributed by atoms with Crippen LogP contribution in [0.15, 0.2) is 72.7 Å². The molecule has 1 aromatic heterocycles. The molecule has 0 radical (unpaired) electrons. The summed E-state index contributed by atoms with van der Waals surface area (Å²) >= 11 is 0. The Labute approximate surface area is 199 Å². The van der Waals surface area contributed by atoms with Crippen LogP contribution in [0.2, 0.25) is 0 Å². The molecular weight excluding hydrogens is 430 g/mol. The number of hydrogen-bond acceptors (Lipinski definition) is 6. The highest BCUT2D eigenvalue weighted by Gasteiger charge is 2.39. The minimum Gasteiger partial charge on any atom is -0.495 e. The Hall–Kier alpha value is -4.13. The molecule has 1 N–H and O–H groups in total. The van der Waals surface area contributed by atoms with Crippen LogP contribution in [-0.2, 0) is 16.1 Å². The first-order valence-corrected chi connectivity index (χ1v) is 11.1. The van der Waals surface area contributed by atoms with Crippen LogP contribution < -0.4 is 14.8 Å². The number of carbonyl (C=O) groups is 2. The fraction of sp³-hybridized carbons (Fsp3) is 0.222. The van der Waals surface area contributed by atoms with Gasteiger partial charge < -0.3 is 14.8 Å². The SMILES string of the molecule is COc1ccc(C)cc1NC1=C(c2ccc(OC(C)C)cc2)C(=O)N(Cc2cccnc2)C1=O. The lowest BCUT2D eigenvalue weighted by Crippen LogP contribution is -2.32. The summed E-state index contributed by atoms with van der Waals surface area (Å²) in [5.74, 6) is 0.484. The summed E-state index contributed by atoms with van der Waals surface area (Å²) in [7, 11) is 1.56. The minimum absolute atomic E-state index is 0.0285. The van der Waals surface area contributed by atoms with Gasteiger partial charge in [-0.05, 0) is 67.8 Å². The average molecular weight is 458 g/mol. The molecule has 2 aromatic carbocycles. The lowest BCUT2D eigenvalue weighted by molar-refractivity contribution is -0.137. The molecule has 1 aliphatic heterocycles. The molecular formula is C27H27N3O4. The molecule has 174 valence electrons. The summed E-state index contributed by atoms with van der Waals surface area (Å²) in [4.78, 5) is 32.4. The van der Waals surface area contributed by atoms with Crippen molar-refractivity contribution in [3.8, 4) is 11.5 Å². The van der Waals surface area contributed by atoms with Crippen molar-refractivity contribution in [1.82, 2.24) is 9.88 Å². The van der Waals surface area contributed by atoms with E-state index in [1.807, 2.05) is 45.0 Å². The monoisotopic (exact) mass is 457 g/mol. The standard InChI is InChI=1S/C27H27N3O4/c1-17(2)34-21-10-8-20(9-11-21)24-25(29-22-14-18(3)7-12-23(22)33-4)27(32)30(26(24)31)16-19-6-5-13-28-15-19/h5-15,17,29H,16H2,1-4H3. The highest BCUT2D eigenvalue weighted by atomic mass is 16.5. The topological polar surface area (TPSA) is 80.8 Å². The smallest absolute Gasteiger partial charge is 0.278 e. The van der Waals surface area contributed by atoms with Crippen molar-refractivity contribution in [3.05, 3.63) is 89.4 Å². The van der Waals surface area contributed by atoms with Gasteiger partial charge >= 0.3 is 0 Å². The van der Waals surface area contributed by atoms with Gasteiger partial charge in [0.1, 0.15) is 17.2 Å². The first kappa shape index (κ1) is 23.0. The van der Waals surface area contributed by atoms with Crippen LogP contribution in [-0.4, -0.2) is 34.9 Å². The Bertz CT molecular complexity index is 1230. The van der Waals surface area contributed by atoms with Gasteiger partial charge in [-0.1, -0.05) is 24.3 Å². The van der Waals surface area contributed by atoms with Crippen molar-refractivity contribution in [2.24, 2.45) is 0 Å². The Morgan fingerprint density at radius 2 is 1.79 bits per heavy atom. The quantitative estimate of drug-likeness (QED) is 0.499. The molecule has 34 heavy (non-hydrogen) atoms. The molecule has 4 rings (SSSR count).